The summed E-state index contributed by atoms with van der Waals surface area (Å²) in [6, 6.07) is -0.257. The Kier molecular flexibility index (Phi) is 4.62. The molecule has 0 fully saturated rings. The summed E-state index contributed by atoms with van der Waals surface area (Å²) in [5, 5.41) is 2.86. The first kappa shape index (κ1) is 15.5. The summed E-state index contributed by atoms with van der Waals surface area (Å²) < 4.78 is 0. The highest BCUT2D eigenvalue weighted by molar-refractivity contribution is 6.05. The Morgan fingerprint density at radius 2 is 2.10 bits per heavy atom. The molecule has 3 N–H and O–H groups in total. The van der Waals surface area contributed by atoms with Crippen LogP contribution in [-0.4, -0.2) is 53.5 Å². The van der Waals surface area contributed by atoms with Crippen LogP contribution >= 0.6 is 0 Å². The van der Waals surface area contributed by atoms with Gasteiger partial charge in [0.15, 0.2) is 11.6 Å². The third-order valence-electron chi connectivity index (χ3n) is 3.66. The summed E-state index contributed by atoms with van der Waals surface area (Å²) in [5.41, 5.74) is 6.44. The minimum Gasteiger partial charge on any atom is -0.382 e. The number of carbonyl (C=O) groups excluding carboxylic acids is 1. The number of nitrogens with zero attached hydrogens (tertiary/aromatic N) is 4. The molecule has 7 heteroatoms. The molecular weight excluding hydrogens is 268 g/mol. The molecule has 21 heavy (non-hydrogen) atoms. The number of nitrogens with one attached hydrogen (secondary N) is 1. The van der Waals surface area contributed by atoms with Crippen molar-refractivity contribution in [2.24, 2.45) is 0 Å². The highest BCUT2D eigenvalue weighted by Crippen LogP contribution is 2.33. The molecule has 7 nitrogen and oxygen atoms in total. The van der Waals surface area contributed by atoms with Crippen LogP contribution in [-0.2, 0) is 4.79 Å². The van der Waals surface area contributed by atoms with E-state index < -0.39 is 0 Å². The maximum atomic E-state index is 12.4. The zero-order chi connectivity index (χ0) is 15.6. The molecule has 1 aliphatic rings. The van der Waals surface area contributed by atoms with Crippen LogP contribution in [0.3, 0.4) is 0 Å². The molecule has 1 aromatic rings. The van der Waals surface area contributed by atoms with Gasteiger partial charge in [0.05, 0.1) is 0 Å². The quantitative estimate of drug-likeness (QED) is 0.837. The fourth-order valence-electron chi connectivity index (χ4n) is 2.72. The van der Waals surface area contributed by atoms with E-state index in [1.54, 1.807) is 6.92 Å². The smallest absolute Gasteiger partial charge is 0.248 e. The van der Waals surface area contributed by atoms with Crippen LogP contribution < -0.4 is 16.0 Å². The molecule has 0 aliphatic carbocycles. The van der Waals surface area contributed by atoms with Crippen LogP contribution in [0.15, 0.2) is 0 Å². The van der Waals surface area contributed by atoms with Crippen LogP contribution in [0.4, 0.5) is 17.3 Å². The van der Waals surface area contributed by atoms with E-state index >= 15 is 0 Å². The average Bonchev–Trinajstić information content (AvgIpc) is 2.41. The van der Waals surface area contributed by atoms with E-state index in [4.69, 9.17) is 5.73 Å². The van der Waals surface area contributed by atoms with Crippen LogP contribution in [0.2, 0.25) is 0 Å². The number of carbonyl (C=O) groups is 1. The number of likely N-dealkylation sites (N-methyl/N-ethyl adjacent to an activating group) is 2. The number of aryl methyl sites for hydroxylation is 1. The fraction of sp³-hybridized carbons (Fsp3) is 0.643. The first-order valence-electron chi connectivity index (χ1n) is 7.38. The number of anilines is 3. The van der Waals surface area contributed by atoms with Gasteiger partial charge in [0, 0.05) is 13.1 Å². The lowest BCUT2D eigenvalue weighted by molar-refractivity contribution is -0.118. The monoisotopic (exact) mass is 292 g/mol. The molecule has 1 aromatic heterocycles. The van der Waals surface area contributed by atoms with Gasteiger partial charge in [-0.1, -0.05) is 6.92 Å². The first-order chi connectivity index (χ1) is 9.97. The van der Waals surface area contributed by atoms with Crippen molar-refractivity contribution >= 4 is 23.2 Å². The lowest BCUT2D eigenvalue weighted by Gasteiger charge is -2.38. The number of rotatable bonds is 5. The van der Waals surface area contributed by atoms with Gasteiger partial charge in [-0.25, -0.2) is 9.97 Å². The Balaban J connectivity index is 2.34. The Morgan fingerprint density at radius 1 is 1.38 bits per heavy atom. The van der Waals surface area contributed by atoms with Gasteiger partial charge in [0.1, 0.15) is 17.6 Å². The third-order valence-corrected chi connectivity index (χ3v) is 3.66. The van der Waals surface area contributed by atoms with E-state index in [1.807, 2.05) is 18.9 Å². The van der Waals surface area contributed by atoms with E-state index in [-0.39, 0.29) is 11.9 Å². The van der Waals surface area contributed by atoms with E-state index in [0.29, 0.717) is 30.4 Å². The van der Waals surface area contributed by atoms with Gasteiger partial charge in [-0.15, -0.1) is 0 Å². The topological polar surface area (TPSA) is 87.4 Å². The number of hydrogen-bond donors (Lipinski definition) is 2. The molecule has 0 radical (unpaired) electrons. The second kappa shape index (κ2) is 6.26. The van der Waals surface area contributed by atoms with Crippen molar-refractivity contribution in [2.75, 3.05) is 42.6 Å². The van der Waals surface area contributed by atoms with Gasteiger partial charge < -0.3 is 20.9 Å². The highest BCUT2D eigenvalue weighted by atomic mass is 16.2. The van der Waals surface area contributed by atoms with E-state index in [0.717, 1.165) is 18.8 Å². The predicted octanol–water partition coefficient (Wildman–Crippen LogP) is 0.856. The van der Waals surface area contributed by atoms with Gasteiger partial charge in [-0.2, -0.15) is 0 Å². The summed E-state index contributed by atoms with van der Waals surface area (Å²) >= 11 is 0. The van der Waals surface area contributed by atoms with Crippen LogP contribution in [0, 0.1) is 6.92 Å². The number of nitrogens with two attached hydrogens (primary N) is 1. The van der Waals surface area contributed by atoms with Gasteiger partial charge in [0.2, 0.25) is 5.91 Å². The number of aromatic nitrogens is 2. The van der Waals surface area contributed by atoms with Crippen molar-refractivity contribution in [1.29, 1.82) is 0 Å². The molecule has 1 amide bonds. The molecule has 0 saturated heterocycles. The standard InChI is InChI=1S/C14H24N6O/c1-5-7-19(4)8-10-14(21)18-11-12(15)16-9(3)17-13(11)20(10)6-2/h10H,5-8H2,1-4H3,(H,18,21)(H2,15,16,17). The summed E-state index contributed by atoms with van der Waals surface area (Å²) in [4.78, 5) is 25.2. The van der Waals surface area contributed by atoms with Gasteiger partial charge in [-0.05, 0) is 33.9 Å². The fourth-order valence-corrected chi connectivity index (χ4v) is 2.72. The summed E-state index contributed by atoms with van der Waals surface area (Å²) in [7, 11) is 2.03. The number of hydrogen-bond acceptors (Lipinski definition) is 6. The highest BCUT2D eigenvalue weighted by Gasteiger charge is 2.35. The van der Waals surface area contributed by atoms with Crippen molar-refractivity contribution in [3.63, 3.8) is 0 Å². The zero-order valence-corrected chi connectivity index (χ0v) is 13.2. The molecule has 1 atom stereocenters. The SMILES string of the molecule is CCCN(C)CC1C(=O)Nc2c(N)nc(C)nc2N1CC. The number of fused-ring (bicyclic) bond motifs is 1. The maximum Gasteiger partial charge on any atom is 0.248 e. The molecule has 0 spiro atoms. The maximum absolute atomic E-state index is 12.4. The van der Waals surface area contributed by atoms with Crippen LogP contribution in [0.25, 0.3) is 0 Å². The third kappa shape index (κ3) is 3.07. The van der Waals surface area contributed by atoms with E-state index in [2.05, 4.69) is 27.1 Å². The zero-order valence-electron chi connectivity index (χ0n) is 13.2. The second-order valence-electron chi connectivity index (χ2n) is 5.41. The molecule has 0 bridgehead atoms. The van der Waals surface area contributed by atoms with Crippen LogP contribution in [0.5, 0.6) is 0 Å². The number of amides is 1. The molecule has 1 unspecified atom stereocenters. The van der Waals surface area contributed by atoms with E-state index in [1.165, 1.54) is 0 Å². The lowest BCUT2D eigenvalue weighted by Crippen LogP contribution is -2.53. The Morgan fingerprint density at radius 3 is 2.71 bits per heavy atom. The van der Waals surface area contributed by atoms with E-state index in [9.17, 15) is 4.79 Å². The van der Waals surface area contributed by atoms with Crippen molar-refractivity contribution < 1.29 is 4.79 Å². The summed E-state index contributed by atoms with van der Waals surface area (Å²) in [5.74, 6) is 1.61. The summed E-state index contributed by atoms with van der Waals surface area (Å²) in [6.07, 6.45) is 1.06. The van der Waals surface area contributed by atoms with Gasteiger partial charge >= 0.3 is 0 Å². The minimum atomic E-state index is -0.257. The number of nitrogen functional groups attached to an aromatic ring is 1. The molecular formula is C14H24N6O. The summed E-state index contributed by atoms with van der Waals surface area (Å²) in [6.45, 7) is 8.26. The van der Waals surface area contributed by atoms with Gasteiger partial charge in [-0.3, -0.25) is 4.79 Å². The molecule has 2 heterocycles. The molecule has 116 valence electrons. The van der Waals surface area contributed by atoms with Crippen molar-refractivity contribution in [1.82, 2.24) is 14.9 Å². The molecule has 0 aromatic carbocycles. The van der Waals surface area contributed by atoms with Crippen molar-refractivity contribution in [2.45, 2.75) is 33.2 Å². The van der Waals surface area contributed by atoms with Crippen molar-refractivity contribution in [3.8, 4) is 0 Å². The average molecular weight is 292 g/mol. The van der Waals surface area contributed by atoms with Crippen LogP contribution in [0.1, 0.15) is 26.1 Å². The molecule has 0 saturated carbocycles. The normalized spacial score (nSPS) is 17.9. The second-order valence-corrected chi connectivity index (χ2v) is 5.41. The lowest BCUT2D eigenvalue weighted by atomic mass is 10.1. The molecule has 1 aliphatic heterocycles. The first-order valence-corrected chi connectivity index (χ1v) is 7.38. The largest absolute Gasteiger partial charge is 0.382 e. The van der Waals surface area contributed by atoms with Gasteiger partial charge in [0.25, 0.3) is 0 Å². The van der Waals surface area contributed by atoms with Crippen molar-refractivity contribution in [3.05, 3.63) is 5.82 Å². The molecule has 2 rings (SSSR count). The Bertz CT molecular complexity index is 532. The Labute approximate surface area is 125 Å². The minimum absolute atomic E-state index is 0.0496. The Hall–Kier alpha value is -1.89. The predicted molar refractivity (Wildman–Crippen MR) is 84.4 cm³/mol.